The van der Waals surface area contributed by atoms with Crippen LogP contribution < -0.4 is 16.4 Å². The molecule has 0 aromatic heterocycles. The zero-order valence-electron chi connectivity index (χ0n) is 12.2. The van der Waals surface area contributed by atoms with Gasteiger partial charge in [-0.3, -0.25) is 9.59 Å². The van der Waals surface area contributed by atoms with Gasteiger partial charge in [0.05, 0.1) is 17.5 Å². The van der Waals surface area contributed by atoms with Gasteiger partial charge in [-0.1, -0.05) is 20.8 Å². The van der Waals surface area contributed by atoms with Crippen molar-refractivity contribution in [3.8, 4) is 0 Å². The van der Waals surface area contributed by atoms with Crippen LogP contribution in [0.4, 0.5) is 11.4 Å². The molecular weight excluding hydrogens is 310 g/mol. The molecule has 21 heavy (non-hydrogen) atoms. The van der Waals surface area contributed by atoms with E-state index in [2.05, 4.69) is 10.6 Å². The van der Waals surface area contributed by atoms with Crippen molar-refractivity contribution in [2.75, 3.05) is 16.4 Å². The van der Waals surface area contributed by atoms with Gasteiger partial charge in [-0.2, -0.15) is 0 Å². The van der Waals surface area contributed by atoms with Crippen LogP contribution in [0.1, 0.15) is 20.8 Å². The van der Waals surface area contributed by atoms with Gasteiger partial charge >= 0.3 is 0 Å². The Labute approximate surface area is 134 Å². The maximum atomic E-state index is 12.1. The van der Waals surface area contributed by atoms with Gasteiger partial charge in [-0.05, 0) is 23.6 Å². The molecule has 116 valence electrons. The third-order valence-corrected chi connectivity index (χ3v) is 4.17. The Morgan fingerprint density at radius 2 is 2.10 bits per heavy atom. The number of hydrogen-bond acceptors (Lipinski definition) is 4. The standard InChI is InChI=1S/C14H19N3O2S.ClH/c1-14(2,3)12(15)13(19)16-8-4-5-10-9(6-8)17-11(18)7-20-10;/h4-6,12H,7,15H2,1-3H3,(H,16,19)(H,17,18);1H/t12-;/m1./s1. The number of thioether (sulfide) groups is 1. The van der Waals surface area contributed by atoms with E-state index in [0.717, 1.165) is 10.6 Å². The highest BCUT2D eigenvalue weighted by atomic mass is 35.5. The molecule has 7 heteroatoms. The zero-order valence-corrected chi connectivity index (χ0v) is 13.9. The minimum atomic E-state index is -0.595. The normalized spacial score (nSPS) is 15.3. The predicted octanol–water partition coefficient (Wildman–Crippen LogP) is 2.46. The second kappa shape index (κ2) is 6.68. The van der Waals surface area contributed by atoms with Crippen molar-refractivity contribution in [2.24, 2.45) is 11.1 Å². The number of nitrogens with two attached hydrogens (primary N) is 1. The molecule has 2 rings (SSSR count). The molecule has 1 aromatic carbocycles. The van der Waals surface area contributed by atoms with E-state index < -0.39 is 6.04 Å². The first-order chi connectivity index (χ1) is 9.27. The third-order valence-electron chi connectivity index (χ3n) is 3.10. The quantitative estimate of drug-likeness (QED) is 0.778. The van der Waals surface area contributed by atoms with E-state index in [4.69, 9.17) is 5.73 Å². The van der Waals surface area contributed by atoms with Gasteiger partial charge in [-0.25, -0.2) is 0 Å². The van der Waals surface area contributed by atoms with Crippen molar-refractivity contribution in [2.45, 2.75) is 31.7 Å². The molecule has 2 amide bonds. The van der Waals surface area contributed by atoms with Gasteiger partial charge in [0.25, 0.3) is 0 Å². The summed E-state index contributed by atoms with van der Waals surface area (Å²) in [5, 5.41) is 5.58. The Morgan fingerprint density at radius 3 is 2.71 bits per heavy atom. The molecule has 1 heterocycles. The second-order valence-electron chi connectivity index (χ2n) is 5.88. The fourth-order valence-corrected chi connectivity index (χ4v) is 2.56. The van der Waals surface area contributed by atoms with Crippen LogP contribution in [0.15, 0.2) is 23.1 Å². The molecule has 1 aromatic rings. The molecule has 0 aliphatic carbocycles. The second-order valence-corrected chi connectivity index (χ2v) is 6.90. The van der Waals surface area contributed by atoms with Crippen LogP contribution in [0.2, 0.25) is 0 Å². The van der Waals surface area contributed by atoms with Crippen LogP contribution in [-0.2, 0) is 9.59 Å². The number of nitrogens with one attached hydrogen (secondary N) is 2. The number of carbonyl (C=O) groups is 2. The highest BCUT2D eigenvalue weighted by molar-refractivity contribution is 8.00. The Bertz CT molecular complexity index is 558. The van der Waals surface area contributed by atoms with E-state index in [-0.39, 0.29) is 29.6 Å². The highest BCUT2D eigenvalue weighted by Crippen LogP contribution is 2.33. The summed E-state index contributed by atoms with van der Waals surface area (Å²) in [6, 6.07) is 4.86. The first kappa shape index (κ1) is 17.8. The summed E-state index contributed by atoms with van der Waals surface area (Å²) in [7, 11) is 0. The first-order valence-corrected chi connectivity index (χ1v) is 7.39. The van der Waals surface area contributed by atoms with E-state index in [1.807, 2.05) is 32.9 Å². The number of fused-ring (bicyclic) bond motifs is 1. The van der Waals surface area contributed by atoms with E-state index in [1.165, 1.54) is 11.8 Å². The van der Waals surface area contributed by atoms with E-state index in [0.29, 0.717) is 11.4 Å². The van der Waals surface area contributed by atoms with Gasteiger partial charge in [0.15, 0.2) is 0 Å². The molecule has 4 N–H and O–H groups in total. The van der Waals surface area contributed by atoms with Crippen LogP contribution in [0.5, 0.6) is 0 Å². The van der Waals surface area contributed by atoms with Crippen molar-refractivity contribution < 1.29 is 9.59 Å². The lowest BCUT2D eigenvalue weighted by Gasteiger charge is -2.26. The van der Waals surface area contributed by atoms with Gasteiger partial charge in [0, 0.05) is 10.6 Å². The number of amides is 2. The topological polar surface area (TPSA) is 84.2 Å². The summed E-state index contributed by atoms with van der Waals surface area (Å²) in [6.07, 6.45) is 0. The predicted molar refractivity (Wildman–Crippen MR) is 89.1 cm³/mol. The first-order valence-electron chi connectivity index (χ1n) is 6.40. The van der Waals surface area contributed by atoms with Crippen molar-refractivity contribution in [1.82, 2.24) is 0 Å². The van der Waals surface area contributed by atoms with Crippen molar-refractivity contribution >= 4 is 47.4 Å². The minimum absolute atomic E-state index is 0. The fraction of sp³-hybridized carbons (Fsp3) is 0.429. The molecule has 1 aliphatic rings. The zero-order chi connectivity index (χ0) is 14.9. The van der Waals surface area contributed by atoms with Gasteiger partial charge in [-0.15, -0.1) is 24.2 Å². The fourth-order valence-electron chi connectivity index (χ4n) is 1.77. The largest absolute Gasteiger partial charge is 0.325 e. The summed E-state index contributed by atoms with van der Waals surface area (Å²) in [5.41, 5.74) is 6.98. The van der Waals surface area contributed by atoms with E-state index >= 15 is 0 Å². The molecule has 0 saturated carbocycles. The molecule has 1 aliphatic heterocycles. The Kier molecular flexibility index (Phi) is 5.67. The number of carbonyl (C=O) groups excluding carboxylic acids is 2. The van der Waals surface area contributed by atoms with Crippen molar-refractivity contribution in [1.29, 1.82) is 0 Å². The van der Waals surface area contributed by atoms with Gasteiger partial charge in [0.2, 0.25) is 11.8 Å². The molecule has 0 radical (unpaired) electrons. The van der Waals surface area contributed by atoms with Crippen molar-refractivity contribution in [3.63, 3.8) is 0 Å². The van der Waals surface area contributed by atoms with Crippen LogP contribution in [-0.4, -0.2) is 23.6 Å². The van der Waals surface area contributed by atoms with Gasteiger partial charge in [0.1, 0.15) is 0 Å². The SMILES string of the molecule is CC(C)(C)[C@H](N)C(=O)Nc1ccc2c(c1)NC(=O)CS2.Cl. The lowest BCUT2D eigenvalue weighted by molar-refractivity contribution is -0.119. The van der Waals surface area contributed by atoms with Crippen LogP contribution in [0.25, 0.3) is 0 Å². The minimum Gasteiger partial charge on any atom is -0.325 e. The maximum absolute atomic E-state index is 12.1. The number of rotatable bonds is 2. The number of anilines is 2. The number of hydrogen-bond donors (Lipinski definition) is 3. The average molecular weight is 330 g/mol. The molecule has 0 bridgehead atoms. The molecular formula is C14H20ClN3O2S. The Morgan fingerprint density at radius 1 is 1.43 bits per heavy atom. The molecule has 0 unspecified atom stereocenters. The third kappa shape index (κ3) is 4.36. The van der Waals surface area contributed by atoms with Gasteiger partial charge < -0.3 is 16.4 Å². The number of halogens is 1. The monoisotopic (exact) mass is 329 g/mol. The molecule has 0 spiro atoms. The summed E-state index contributed by atoms with van der Waals surface area (Å²) in [6.45, 7) is 5.75. The highest BCUT2D eigenvalue weighted by Gasteiger charge is 2.27. The van der Waals surface area contributed by atoms with E-state index in [9.17, 15) is 9.59 Å². The number of benzene rings is 1. The Hall–Kier alpha value is -1.24. The van der Waals surface area contributed by atoms with Crippen LogP contribution in [0.3, 0.4) is 0 Å². The molecule has 1 atom stereocenters. The lowest BCUT2D eigenvalue weighted by Crippen LogP contribution is -2.45. The maximum Gasteiger partial charge on any atom is 0.241 e. The molecule has 0 saturated heterocycles. The average Bonchev–Trinajstić information content (AvgIpc) is 2.36. The summed E-state index contributed by atoms with van der Waals surface area (Å²) < 4.78 is 0. The van der Waals surface area contributed by atoms with Crippen LogP contribution in [0, 0.1) is 5.41 Å². The van der Waals surface area contributed by atoms with Crippen molar-refractivity contribution in [3.05, 3.63) is 18.2 Å². The Balaban J connectivity index is 0.00000220. The van der Waals surface area contributed by atoms with E-state index in [1.54, 1.807) is 6.07 Å². The molecule has 5 nitrogen and oxygen atoms in total. The lowest BCUT2D eigenvalue weighted by atomic mass is 9.87. The smallest absolute Gasteiger partial charge is 0.241 e. The summed E-state index contributed by atoms with van der Waals surface area (Å²) >= 11 is 1.49. The van der Waals surface area contributed by atoms with Crippen LogP contribution >= 0.6 is 24.2 Å². The molecule has 0 fully saturated rings. The summed E-state index contributed by atoms with van der Waals surface area (Å²) in [4.78, 5) is 24.4. The summed E-state index contributed by atoms with van der Waals surface area (Å²) in [5.74, 6) is 0.165.